The number of nitrogens with zero attached hydrogens (tertiary/aromatic N) is 1. The van der Waals surface area contributed by atoms with Crippen LogP contribution < -0.4 is 5.32 Å². The summed E-state index contributed by atoms with van der Waals surface area (Å²) in [7, 11) is 0. The summed E-state index contributed by atoms with van der Waals surface area (Å²) in [6.45, 7) is 3.33. The van der Waals surface area contributed by atoms with E-state index in [4.69, 9.17) is 21.5 Å². The van der Waals surface area contributed by atoms with E-state index in [0.29, 0.717) is 17.2 Å². The first kappa shape index (κ1) is 14.8. The van der Waals surface area contributed by atoms with Crippen LogP contribution in [0.5, 0.6) is 0 Å². The number of oxime groups is 1. The molecule has 5 nitrogen and oxygen atoms in total. The Morgan fingerprint density at radius 1 is 1.50 bits per heavy atom. The third kappa shape index (κ3) is 3.49. The average molecular weight is 297 g/mol. The van der Waals surface area contributed by atoms with Crippen LogP contribution in [-0.2, 0) is 9.63 Å². The molecule has 2 rings (SSSR count). The highest BCUT2D eigenvalue weighted by molar-refractivity contribution is 6.30. The number of benzene rings is 1. The van der Waals surface area contributed by atoms with Gasteiger partial charge in [0.25, 0.3) is 5.91 Å². The van der Waals surface area contributed by atoms with Crippen LogP contribution in [0.2, 0.25) is 5.02 Å². The molecule has 1 amide bonds. The van der Waals surface area contributed by atoms with Gasteiger partial charge in [0.05, 0.1) is 17.9 Å². The summed E-state index contributed by atoms with van der Waals surface area (Å²) in [6.07, 6.45) is -0.263. The molecule has 0 aromatic heterocycles. The van der Waals surface area contributed by atoms with Gasteiger partial charge in [-0.2, -0.15) is 0 Å². The molecule has 0 radical (unpaired) electrons. The minimum Gasteiger partial charge on any atom is -0.394 e. The molecule has 0 bridgehead atoms. The van der Waals surface area contributed by atoms with Gasteiger partial charge in [-0.1, -0.05) is 28.9 Å². The lowest BCUT2D eigenvalue weighted by molar-refractivity contribution is -0.133. The van der Waals surface area contributed by atoms with Gasteiger partial charge in [0.15, 0.2) is 0 Å². The Hall–Kier alpha value is -1.59. The fourth-order valence-corrected chi connectivity index (χ4v) is 1.91. The molecule has 1 aromatic rings. The molecular weight excluding hydrogens is 280 g/mol. The Morgan fingerprint density at radius 2 is 2.15 bits per heavy atom. The molecule has 0 unspecified atom stereocenters. The molecule has 0 saturated heterocycles. The number of nitrogens with one attached hydrogen (secondary N) is 1. The lowest BCUT2D eigenvalue weighted by Gasteiger charge is -2.24. The summed E-state index contributed by atoms with van der Waals surface area (Å²) in [6, 6.07) is 7.20. The molecule has 0 fully saturated rings. The van der Waals surface area contributed by atoms with E-state index in [9.17, 15) is 4.79 Å². The van der Waals surface area contributed by atoms with Gasteiger partial charge in [-0.15, -0.1) is 0 Å². The van der Waals surface area contributed by atoms with Gasteiger partial charge in [-0.3, -0.25) is 4.79 Å². The van der Waals surface area contributed by atoms with E-state index in [-0.39, 0.29) is 12.5 Å². The highest BCUT2D eigenvalue weighted by Gasteiger charge is 2.32. The van der Waals surface area contributed by atoms with E-state index >= 15 is 0 Å². The van der Waals surface area contributed by atoms with E-state index in [0.717, 1.165) is 5.56 Å². The van der Waals surface area contributed by atoms with Crippen LogP contribution in [0.15, 0.2) is 29.4 Å². The van der Waals surface area contributed by atoms with Crippen LogP contribution in [0.25, 0.3) is 0 Å². The minimum absolute atomic E-state index is 0.143. The van der Waals surface area contributed by atoms with E-state index in [1.165, 1.54) is 0 Å². The van der Waals surface area contributed by atoms with Crippen molar-refractivity contribution in [2.45, 2.75) is 31.9 Å². The van der Waals surface area contributed by atoms with Crippen molar-refractivity contribution in [2.24, 2.45) is 5.16 Å². The molecule has 6 heteroatoms. The fraction of sp³-hybridized carbons (Fsp3) is 0.429. The number of hydrogen-bond acceptors (Lipinski definition) is 4. The van der Waals surface area contributed by atoms with Crippen molar-refractivity contribution in [1.82, 2.24) is 5.32 Å². The minimum atomic E-state index is -0.677. The zero-order valence-corrected chi connectivity index (χ0v) is 12.1. The summed E-state index contributed by atoms with van der Waals surface area (Å²) in [5.74, 6) is -0.281. The monoisotopic (exact) mass is 296 g/mol. The number of aliphatic hydroxyl groups is 1. The van der Waals surface area contributed by atoms with Gasteiger partial charge in [-0.05, 0) is 31.5 Å². The molecule has 1 aliphatic heterocycles. The van der Waals surface area contributed by atoms with E-state index < -0.39 is 11.6 Å². The summed E-state index contributed by atoms with van der Waals surface area (Å²) >= 11 is 5.83. The number of hydrogen-bond donors (Lipinski definition) is 2. The summed E-state index contributed by atoms with van der Waals surface area (Å²) in [5.41, 5.74) is 0.915. The smallest absolute Gasteiger partial charge is 0.264 e. The molecule has 1 heterocycles. The molecule has 0 aliphatic carbocycles. The van der Waals surface area contributed by atoms with Crippen molar-refractivity contribution in [3.63, 3.8) is 0 Å². The fourth-order valence-electron chi connectivity index (χ4n) is 1.78. The number of aliphatic hydroxyl groups excluding tert-OH is 1. The molecule has 0 saturated carbocycles. The van der Waals surface area contributed by atoms with Crippen molar-refractivity contribution < 1.29 is 14.7 Å². The summed E-state index contributed by atoms with van der Waals surface area (Å²) < 4.78 is 0. The predicted molar refractivity (Wildman–Crippen MR) is 76.8 cm³/mol. The van der Waals surface area contributed by atoms with Crippen molar-refractivity contribution in [3.8, 4) is 0 Å². The Bertz CT molecular complexity index is 526. The number of halogens is 1. The Kier molecular flexibility index (Phi) is 4.30. The first-order valence-corrected chi connectivity index (χ1v) is 6.70. The van der Waals surface area contributed by atoms with E-state index in [1.807, 2.05) is 12.1 Å². The SMILES string of the molecule is CC(C)(CO)NC(=O)[C@H]1CC(c2ccc(Cl)cc2)=NO1. The Balaban J connectivity index is 1.97. The molecule has 108 valence electrons. The molecule has 2 N–H and O–H groups in total. The average Bonchev–Trinajstić information content (AvgIpc) is 2.89. The molecule has 1 aliphatic rings. The van der Waals surface area contributed by atoms with Crippen LogP contribution in [0.3, 0.4) is 0 Å². The highest BCUT2D eigenvalue weighted by Crippen LogP contribution is 2.19. The van der Waals surface area contributed by atoms with E-state index in [1.54, 1.807) is 26.0 Å². The first-order chi connectivity index (χ1) is 9.41. The van der Waals surface area contributed by atoms with Gasteiger partial charge in [-0.25, -0.2) is 0 Å². The maximum Gasteiger partial charge on any atom is 0.264 e. The zero-order valence-electron chi connectivity index (χ0n) is 11.4. The second kappa shape index (κ2) is 5.81. The van der Waals surface area contributed by atoms with Crippen molar-refractivity contribution in [2.75, 3.05) is 6.61 Å². The van der Waals surface area contributed by atoms with Gasteiger partial charge >= 0.3 is 0 Å². The molecule has 1 atom stereocenters. The third-order valence-electron chi connectivity index (χ3n) is 3.00. The maximum atomic E-state index is 12.0. The van der Waals surface area contributed by atoms with Crippen LogP contribution >= 0.6 is 11.6 Å². The first-order valence-electron chi connectivity index (χ1n) is 6.33. The third-order valence-corrected chi connectivity index (χ3v) is 3.25. The molecule has 1 aromatic carbocycles. The maximum absolute atomic E-state index is 12.0. The van der Waals surface area contributed by atoms with Crippen LogP contribution in [0.4, 0.5) is 0 Å². The largest absolute Gasteiger partial charge is 0.394 e. The lowest BCUT2D eigenvalue weighted by atomic mass is 10.0. The number of carbonyl (C=O) groups is 1. The second-order valence-electron chi connectivity index (χ2n) is 5.37. The standard InChI is InChI=1S/C14H17ClN2O3/c1-14(2,8-18)16-13(19)12-7-11(17-20-12)9-3-5-10(15)6-4-9/h3-6,12,18H,7-8H2,1-2H3,(H,16,19)/t12-/m1/s1. The van der Waals surface area contributed by atoms with Crippen molar-refractivity contribution >= 4 is 23.2 Å². The summed E-state index contributed by atoms with van der Waals surface area (Å²) in [4.78, 5) is 17.2. The van der Waals surface area contributed by atoms with Crippen molar-refractivity contribution in [3.05, 3.63) is 34.9 Å². The number of rotatable bonds is 4. The molecule has 0 spiro atoms. The second-order valence-corrected chi connectivity index (χ2v) is 5.81. The quantitative estimate of drug-likeness (QED) is 0.889. The number of carbonyl (C=O) groups excluding carboxylic acids is 1. The van der Waals surface area contributed by atoms with Crippen LogP contribution in [-0.4, -0.2) is 35.0 Å². The van der Waals surface area contributed by atoms with Gasteiger partial charge in [0.1, 0.15) is 0 Å². The van der Waals surface area contributed by atoms with Gasteiger partial charge < -0.3 is 15.3 Å². The number of amides is 1. The van der Waals surface area contributed by atoms with Gasteiger partial charge in [0.2, 0.25) is 6.10 Å². The topological polar surface area (TPSA) is 70.9 Å². The van der Waals surface area contributed by atoms with Crippen LogP contribution in [0.1, 0.15) is 25.8 Å². The molecule has 20 heavy (non-hydrogen) atoms. The van der Waals surface area contributed by atoms with E-state index in [2.05, 4.69) is 10.5 Å². The van der Waals surface area contributed by atoms with Crippen LogP contribution in [0, 0.1) is 0 Å². The lowest BCUT2D eigenvalue weighted by Crippen LogP contribution is -2.50. The molecular formula is C14H17ClN2O3. The van der Waals surface area contributed by atoms with Crippen molar-refractivity contribution in [1.29, 1.82) is 0 Å². The Labute approximate surface area is 122 Å². The zero-order chi connectivity index (χ0) is 14.8. The predicted octanol–water partition coefficient (Wildman–Crippen LogP) is 1.72. The highest BCUT2D eigenvalue weighted by atomic mass is 35.5. The van der Waals surface area contributed by atoms with Gasteiger partial charge in [0, 0.05) is 11.4 Å². The Morgan fingerprint density at radius 3 is 2.75 bits per heavy atom. The normalized spacial score (nSPS) is 18.4. The summed E-state index contributed by atoms with van der Waals surface area (Å²) in [5, 5.41) is 16.5.